The van der Waals surface area contributed by atoms with Gasteiger partial charge in [0.05, 0.1) is 10.0 Å². The minimum absolute atomic E-state index is 0.00577. The Hall–Kier alpha value is -2.05. The van der Waals surface area contributed by atoms with Crippen molar-refractivity contribution in [2.24, 2.45) is 0 Å². The van der Waals surface area contributed by atoms with E-state index in [-0.39, 0.29) is 27.2 Å². The number of nitrogens with zero attached hydrogens (tertiary/aromatic N) is 1. The van der Waals surface area contributed by atoms with Crippen LogP contribution in [-0.4, -0.2) is 22.1 Å². The molecule has 2 aromatic rings. The lowest BCUT2D eigenvalue weighted by Crippen LogP contribution is -2.49. The van der Waals surface area contributed by atoms with Gasteiger partial charge in [-0.3, -0.25) is 4.79 Å². The predicted octanol–water partition coefficient (Wildman–Crippen LogP) is 3.83. The van der Waals surface area contributed by atoms with Crippen molar-refractivity contribution in [2.75, 3.05) is 0 Å². The smallest absolute Gasteiger partial charge is 0.333 e. The molecule has 0 saturated carbocycles. The molecule has 6 nitrogen and oxygen atoms in total. The Morgan fingerprint density at radius 1 is 1.25 bits per heavy atom. The van der Waals surface area contributed by atoms with Crippen LogP contribution in [0.3, 0.4) is 0 Å². The maximum Gasteiger partial charge on any atom is 0.333 e. The minimum atomic E-state index is -1.71. The van der Waals surface area contributed by atoms with Crippen LogP contribution in [0.1, 0.15) is 48.5 Å². The number of aromatic nitrogens is 1. The van der Waals surface area contributed by atoms with Crippen molar-refractivity contribution in [2.45, 2.75) is 32.2 Å². The molecular weight excluding hydrogens is 355 g/mol. The number of nitrogens with one attached hydrogen (secondary N) is 1. The molecule has 128 valence electrons. The zero-order valence-electron chi connectivity index (χ0n) is 13.3. The fourth-order valence-corrected chi connectivity index (χ4v) is 2.31. The number of carbonyl (C=O) groups excluding carboxylic acids is 1. The van der Waals surface area contributed by atoms with Crippen LogP contribution >= 0.6 is 23.2 Å². The molecule has 0 bridgehead atoms. The molecule has 0 spiro atoms. The van der Waals surface area contributed by atoms with E-state index in [1.54, 1.807) is 0 Å². The number of carbonyl (C=O) groups is 2. The molecule has 1 atom stereocenters. The first kappa shape index (κ1) is 18.3. The highest BCUT2D eigenvalue weighted by Gasteiger charge is 2.38. The molecule has 2 N–H and O–H groups in total. The molecule has 0 saturated heterocycles. The summed E-state index contributed by atoms with van der Waals surface area (Å²) in [5, 5.41) is 16.2. The van der Waals surface area contributed by atoms with Crippen molar-refractivity contribution in [1.29, 1.82) is 0 Å². The number of benzene rings is 1. The highest BCUT2D eigenvalue weighted by Crippen LogP contribution is 2.29. The molecule has 0 aliphatic heterocycles. The number of amides is 1. The van der Waals surface area contributed by atoms with E-state index in [1.165, 1.54) is 31.2 Å². The molecular formula is C16H16Cl2N2O4. The lowest BCUT2D eigenvalue weighted by atomic mass is 9.92. The van der Waals surface area contributed by atoms with E-state index in [0.29, 0.717) is 5.76 Å². The maximum atomic E-state index is 12.4. The van der Waals surface area contributed by atoms with Crippen LogP contribution in [0.5, 0.6) is 0 Å². The van der Waals surface area contributed by atoms with E-state index in [2.05, 4.69) is 10.5 Å². The van der Waals surface area contributed by atoms with E-state index in [1.807, 2.05) is 13.8 Å². The fourth-order valence-electron chi connectivity index (χ4n) is 2.02. The Balaban J connectivity index is 2.34. The quantitative estimate of drug-likeness (QED) is 0.833. The van der Waals surface area contributed by atoms with Gasteiger partial charge < -0.3 is 14.9 Å². The van der Waals surface area contributed by atoms with Crippen LogP contribution in [0.2, 0.25) is 10.0 Å². The van der Waals surface area contributed by atoms with Gasteiger partial charge in [0.15, 0.2) is 11.2 Å². The summed E-state index contributed by atoms with van der Waals surface area (Å²) >= 11 is 11.8. The topological polar surface area (TPSA) is 92.4 Å². The number of carboxylic acid groups (broad SMARTS) is 1. The molecule has 8 heteroatoms. The van der Waals surface area contributed by atoms with Crippen LogP contribution < -0.4 is 5.32 Å². The summed E-state index contributed by atoms with van der Waals surface area (Å²) in [5.74, 6) is -1.32. The number of carboxylic acids is 1. The molecule has 1 aromatic heterocycles. The van der Waals surface area contributed by atoms with Gasteiger partial charge in [-0.2, -0.15) is 0 Å². The van der Waals surface area contributed by atoms with Gasteiger partial charge in [-0.15, -0.1) is 0 Å². The zero-order chi connectivity index (χ0) is 18.1. The summed E-state index contributed by atoms with van der Waals surface area (Å²) in [6.45, 7) is 5.13. The second-order valence-electron chi connectivity index (χ2n) is 5.78. The van der Waals surface area contributed by atoms with Crippen molar-refractivity contribution in [1.82, 2.24) is 10.5 Å². The monoisotopic (exact) mass is 370 g/mol. The van der Waals surface area contributed by atoms with Crippen LogP contribution in [0.15, 0.2) is 28.8 Å². The van der Waals surface area contributed by atoms with Gasteiger partial charge in [-0.05, 0) is 24.6 Å². The van der Waals surface area contributed by atoms with Gasteiger partial charge in [0.25, 0.3) is 5.91 Å². The molecule has 0 aliphatic carbocycles. The van der Waals surface area contributed by atoms with E-state index in [4.69, 9.17) is 27.7 Å². The van der Waals surface area contributed by atoms with Crippen LogP contribution in [0, 0.1) is 0 Å². The van der Waals surface area contributed by atoms with E-state index < -0.39 is 17.4 Å². The summed E-state index contributed by atoms with van der Waals surface area (Å²) in [7, 11) is 0. The molecule has 1 heterocycles. The Morgan fingerprint density at radius 3 is 2.42 bits per heavy atom. The minimum Gasteiger partial charge on any atom is -0.479 e. The Morgan fingerprint density at radius 2 is 1.92 bits per heavy atom. The SMILES string of the molecule is CC(C)c1cc(C(=O)NC(C)(C(=O)O)c2ccc(Cl)c(Cl)c2)no1. The summed E-state index contributed by atoms with van der Waals surface area (Å²) in [6.07, 6.45) is 0. The third-order valence-electron chi connectivity index (χ3n) is 3.62. The molecule has 2 rings (SSSR count). The van der Waals surface area contributed by atoms with Crippen molar-refractivity contribution in [3.05, 3.63) is 51.3 Å². The summed E-state index contributed by atoms with van der Waals surface area (Å²) in [4.78, 5) is 24.1. The molecule has 1 amide bonds. The Labute approximate surface area is 148 Å². The summed E-state index contributed by atoms with van der Waals surface area (Å²) < 4.78 is 5.07. The van der Waals surface area contributed by atoms with Gasteiger partial charge in [0, 0.05) is 12.0 Å². The highest BCUT2D eigenvalue weighted by atomic mass is 35.5. The first-order valence-electron chi connectivity index (χ1n) is 7.13. The van der Waals surface area contributed by atoms with Crippen molar-refractivity contribution >= 4 is 35.1 Å². The van der Waals surface area contributed by atoms with E-state index in [0.717, 1.165) is 0 Å². The number of rotatable bonds is 5. The largest absolute Gasteiger partial charge is 0.479 e. The molecule has 0 aliphatic rings. The van der Waals surface area contributed by atoms with Crippen molar-refractivity contribution < 1.29 is 19.2 Å². The fraction of sp³-hybridized carbons (Fsp3) is 0.312. The number of halogens is 2. The molecule has 1 aromatic carbocycles. The third kappa shape index (κ3) is 3.55. The lowest BCUT2D eigenvalue weighted by molar-refractivity contribution is -0.144. The maximum absolute atomic E-state index is 12.4. The third-order valence-corrected chi connectivity index (χ3v) is 4.36. The standard InChI is InChI=1S/C16H16Cl2N2O4/c1-8(2)13-7-12(20-24-13)14(21)19-16(3,15(22)23)9-4-5-10(17)11(18)6-9/h4-8H,1-3H3,(H,19,21)(H,22,23). The predicted molar refractivity (Wildman–Crippen MR) is 89.5 cm³/mol. The van der Waals surface area contributed by atoms with Gasteiger partial charge >= 0.3 is 5.97 Å². The molecule has 0 fully saturated rings. The second kappa shape index (κ2) is 6.83. The first-order valence-corrected chi connectivity index (χ1v) is 7.88. The first-order chi connectivity index (χ1) is 11.1. The van der Waals surface area contributed by atoms with Crippen LogP contribution in [-0.2, 0) is 10.3 Å². The molecule has 1 unspecified atom stereocenters. The van der Waals surface area contributed by atoms with Gasteiger partial charge in [0.2, 0.25) is 0 Å². The van der Waals surface area contributed by atoms with Crippen LogP contribution in [0.4, 0.5) is 0 Å². The second-order valence-corrected chi connectivity index (χ2v) is 6.60. The highest BCUT2D eigenvalue weighted by molar-refractivity contribution is 6.42. The normalized spacial score (nSPS) is 13.6. The number of aliphatic carboxylic acids is 1. The van der Waals surface area contributed by atoms with Crippen LogP contribution in [0.25, 0.3) is 0 Å². The lowest BCUT2D eigenvalue weighted by Gasteiger charge is -2.26. The Bertz CT molecular complexity index is 788. The van der Waals surface area contributed by atoms with Gasteiger partial charge in [0.1, 0.15) is 5.76 Å². The summed E-state index contributed by atoms with van der Waals surface area (Å²) in [5.41, 5.74) is -1.42. The average Bonchev–Trinajstić information content (AvgIpc) is 3.00. The zero-order valence-corrected chi connectivity index (χ0v) is 14.8. The van der Waals surface area contributed by atoms with Crippen molar-refractivity contribution in [3.8, 4) is 0 Å². The van der Waals surface area contributed by atoms with Gasteiger partial charge in [-0.1, -0.05) is 48.3 Å². The van der Waals surface area contributed by atoms with E-state index >= 15 is 0 Å². The van der Waals surface area contributed by atoms with Gasteiger partial charge in [-0.25, -0.2) is 4.79 Å². The van der Waals surface area contributed by atoms with Crippen molar-refractivity contribution in [3.63, 3.8) is 0 Å². The average molecular weight is 371 g/mol. The summed E-state index contributed by atoms with van der Waals surface area (Å²) in [6, 6.07) is 5.85. The molecule has 0 radical (unpaired) electrons. The number of hydrogen-bond acceptors (Lipinski definition) is 4. The van der Waals surface area contributed by atoms with E-state index in [9.17, 15) is 14.7 Å². The number of hydrogen-bond donors (Lipinski definition) is 2. The Kier molecular flexibility index (Phi) is 5.20. The molecule has 24 heavy (non-hydrogen) atoms.